The summed E-state index contributed by atoms with van der Waals surface area (Å²) in [5.74, 6) is 2.13. The van der Waals surface area contributed by atoms with Gasteiger partial charge in [0.15, 0.2) is 0 Å². The van der Waals surface area contributed by atoms with Gasteiger partial charge in [-0.25, -0.2) is 0 Å². The number of pyridine rings is 3. The molecule has 15 aromatic carbocycles. The summed E-state index contributed by atoms with van der Waals surface area (Å²) >= 11 is 0. The predicted molar refractivity (Wildman–Crippen MR) is 621 cm³/mol. The van der Waals surface area contributed by atoms with Gasteiger partial charge >= 0.3 is 20.1 Å². The number of hydrogen-bond acceptors (Lipinski definition) is 9. The van der Waals surface area contributed by atoms with E-state index in [1.165, 1.54) is 111 Å². The number of hydrogen-bond donors (Lipinski definition) is 0. The Bertz CT molecular complexity index is 7470. The van der Waals surface area contributed by atoms with Gasteiger partial charge in [0.2, 0.25) is 30.3 Å². The van der Waals surface area contributed by atoms with Crippen LogP contribution in [0.5, 0.6) is 0 Å². The molecule has 0 N–H and O–H groups in total. The summed E-state index contributed by atoms with van der Waals surface area (Å²) in [6, 6.07) is 142. The average Bonchev–Trinajstić information content (AvgIpc) is 0.869. The van der Waals surface area contributed by atoms with Crippen LogP contribution >= 0.6 is 0 Å². The van der Waals surface area contributed by atoms with Crippen LogP contribution in [0.1, 0.15) is 155 Å². The Hall–Kier alpha value is -16.0. The van der Waals surface area contributed by atoms with Crippen LogP contribution in [0.3, 0.4) is 0 Å². The van der Waals surface area contributed by atoms with Gasteiger partial charge in [0.25, 0.3) is 0 Å². The Labute approximate surface area is 891 Å². The fourth-order valence-electron chi connectivity index (χ4n) is 17.9. The zero-order valence-corrected chi connectivity index (χ0v) is 90.7. The van der Waals surface area contributed by atoms with E-state index >= 15 is 0 Å². The molecule has 0 saturated carbocycles. The third-order valence-corrected chi connectivity index (χ3v) is 26.3. The molecule has 0 spiro atoms. The minimum absolute atomic E-state index is 0. The second-order valence-electron chi connectivity index (χ2n) is 41.3. The molecular weight excluding hydrogens is 1980 g/mol. The van der Waals surface area contributed by atoms with Crippen molar-refractivity contribution in [2.24, 2.45) is 0 Å². The van der Waals surface area contributed by atoms with Crippen LogP contribution in [0.2, 0.25) is 0 Å². The van der Waals surface area contributed by atoms with Crippen molar-refractivity contribution in [3.63, 3.8) is 0 Å². The molecule has 736 valence electrons. The maximum atomic E-state index is 5.92. The summed E-state index contributed by atoms with van der Waals surface area (Å²) in [4.78, 5) is 12.9. The van der Waals surface area contributed by atoms with Gasteiger partial charge in [0.05, 0.1) is 0 Å². The Kier molecular flexibility index (Phi) is 35.8. The Morgan fingerprint density at radius 1 is 0.230 bits per heavy atom. The number of aromatic nitrogens is 7. The molecule has 0 radical (unpaired) electrons. The molecule has 0 amide bonds. The summed E-state index contributed by atoms with van der Waals surface area (Å²) in [5, 5.41) is 16.9. The van der Waals surface area contributed by atoms with Gasteiger partial charge in [-0.15, -0.1) is 139 Å². The van der Waals surface area contributed by atoms with E-state index in [2.05, 4.69) is 441 Å². The molecule has 5 aromatic heterocycles. The quantitative estimate of drug-likeness (QED) is 0.0611. The molecule has 0 saturated heterocycles. The predicted octanol–water partition coefficient (Wildman–Crippen LogP) is 34.0. The molecule has 5 heterocycles. The van der Waals surface area contributed by atoms with E-state index in [9.17, 15) is 0 Å². The monoisotopic (exact) mass is 2110 g/mol. The molecular formula is C137H129BIrN7O2. The van der Waals surface area contributed by atoms with Crippen molar-refractivity contribution in [3.8, 4) is 135 Å². The van der Waals surface area contributed by atoms with Gasteiger partial charge in [-0.3, -0.25) is 0 Å². The van der Waals surface area contributed by atoms with Crippen LogP contribution in [0, 0.1) is 59.7 Å². The molecule has 0 unspecified atom stereocenters. The third kappa shape index (κ3) is 28.0. The second-order valence-corrected chi connectivity index (χ2v) is 41.3. The number of benzene rings is 15. The van der Waals surface area contributed by atoms with Crippen LogP contribution in [0.15, 0.2) is 429 Å². The first-order valence-electron chi connectivity index (χ1n) is 50.2. The van der Waals surface area contributed by atoms with Gasteiger partial charge in [0, 0.05) is 40.8 Å². The largest absolute Gasteiger partial charge is 3.00 e. The first-order valence-corrected chi connectivity index (χ1v) is 50.2. The van der Waals surface area contributed by atoms with E-state index in [1.54, 1.807) is 24.7 Å². The van der Waals surface area contributed by atoms with Gasteiger partial charge in [-0.1, -0.05) is 419 Å². The molecule has 0 atom stereocenters. The van der Waals surface area contributed by atoms with E-state index in [1.807, 2.05) is 152 Å². The zero-order valence-electron chi connectivity index (χ0n) is 88.3. The van der Waals surface area contributed by atoms with Gasteiger partial charge in [-0.2, -0.15) is 0 Å². The topological polar surface area (TPSA) is 117 Å². The normalized spacial score (nSPS) is 11.1. The summed E-state index contributed by atoms with van der Waals surface area (Å²) in [6.45, 7) is 51.7. The van der Waals surface area contributed by atoms with Crippen LogP contribution < -0.4 is 16.4 Å². The molecule has 0 fully saturated rings. The SMILES string of the molecule is C=Cc1c[c-]c(-c2ccccn2)cc1.C=Cc1ccc(-c2cc(C)c(B(c3c(C)cc(-c4ccccc4)cc3C)c3c(C)cc(-c4ccccc4)cc3C)c(C)c2)cc1.C=Cc1ccc(-c2ccc(-c3nnc(-c4ccc(C(C)(C)C)cc4)o3)cc2)cc1.CC(C)(C)c1c[c-]c(-c2ccccn2)cc1.CC(C)(C)c1c[c-]c(-c2ccccn2)cc1.CC(C)(C)c1ccc(-c2nnc(-c3ccc(-c4ccccc4)cc3)o2)cc1.[Ir+3]. The smallest absolute Gasteiger partial charge is 0.416 e. The molecule has 0 aliphatic heterocycles. The number of rotatable bonds is 18. The van der Waals surface area contributed by atoms with Gasteiger partial charge in [-0.05, 0) is 225 Å². The Balaban J connectivity index is 0.000000147. The van der Waals surface area contributed by atoms with Crippen molar-refractivity contribution < 1.29 is 28.9 Å². The molecule has 0 aliphatic carbocycles. The Morgan fingerprint density at radius 2 is 0.446 bits per heavy atom. The first kappa shape index (κ1) is 108. The van der Waals surface area contributed by atoms with Crippen LogP contribution in [0.4, 0.5) is 0 Å². The maximum absolute atomic E-state index is 5.92. The van der Waals surface area contributed by atoms with Crippen molar-refractivity contribution in [2.75, 3.05) is 0 Å². The Morgan fingerprint density at radius 3 is 0.682 bits per heavy atom. The molecule has 11 heteroatoms. The fraction of sp³-hybridized carbons (Fsp3) is 0.161. The fourth-order valence-corrected chi connectivity index (χ4v) is 17.9. The van der Waals surface area contributed by atoms with E-state index in [0.29, 0.717) is 23.6 Å². The third-order valence-electron chi connectivity index (χ3n) is 26.3. The van der Waals surface area contributed by atoms with Crippen LogP contribution in [0.25, 0.3) is 153 Å². The van der Waals surface area contributed by atoms with E-state index < -0.39 is 0 Å². The summed E-state index contributed by atoms with van der Waals surface area (Å²) in [7, 11) is 0. The summed E-state index contributed by atoms with van der Waals surface area (Å²) in [6.07, 6.45) is 10.9. The van der Waals surface area contributed by atoms with Crippen molar-refractivity contribution >= 4 is 41.3 Å². The van der Waals surface area contributed by atoms with Crippen molar-refractivity contribution in [1.29, 1.82) is 0 Å². The minimum atomic E-state index is 0. The summed E-state index contributed by atoms with van der Waals surface area (Å²) in [5.41, 5.74) is 43.1. The van der Waals surface area contributed by atoms with E-state index in [-0.39, 0.29) is 48.5 Å². The summed E-state index contributed by atoms with van der Waals surface area (Å²) < 4.78 is 11.8. The van der Waals surface area contributed by atoms with Crippen molar-refractivity contribution in [2.45, 2.75) is 146 Å². The average molecular weight is 2110 g/mol. The number of aryl methyl sites for hydroxylation is 6. The van der Waals surface area contributed by atoms with E-state index in [0.717, 1.165) is 89.4 Å². The second kappa shape index (κ2) is 49.2. The van der Waals surface area contributed by atoms with Gasteiger partial charge in [0.1, 0.15) is 0 Å². The molecule has 0 bridgehead atoms. The van der Waals surface area contributed by atoms with E-state index in [4.69, 9.17) is 8.83 Å². The molecule has 20 aromatic rings. The minimum Gasteiger partial charge on any atom is -0.416 e. The zero-order chi connectivity index (χ0) is 104. The maximum Gasteiger partial charge on any atom is 3.00 e. The van der Waals surface area contributed by atoms with Crippen LogP contribution in [-0.2, 0) is 41.8 Å². The van der Waals surface area contributed by atoms with Crippen molar-refractivity contribution in [1.82, 2.24) is 35.3 Å². The van der Waals surface area contributed by atoms with Crippen LogP contribution in [-0.4, -0.2) is 42.1 Å². The first-order chi connectivity index (χ1) is 70.7. The van der Waals surface area contributed by atoms with Crippen molar-refractivity contribution in [3.05, 3.63) is 511 Å². The molecule has 9 nitrogen and oxygen atoms in total. The number of nitrogens with zero attached hydrogens (tertiary/aromatic N) is 7. The standard InChI is InChI=1S/C44H41B.C26H24N2O.C24H22N2O.2C15H16N.C13H10N.Ir/c1-8-35-19-21-38(22-20-35)41-27-33(6)44(34(7)28-41)45(42-29(2)23-39(24-30(42)3)36-15-11-9-12-16-36)43-31(4)25-40(26-32(43)5)37-17-13-10-14-18-37;1-5-18-6-8-19(9-7-18)20-10-12-21(13-11-20)24-27-28-25(29-24)22-14-16-23(17-15-22)26(2,3)4;1-24(2,3)21-15-13-20(14-16-21)23-26-25-22(27-23)19-11-9-18(10-12-19)17-7-5-4-6-8-17;2*1-15(2,3)13-9-7-12(8-10-13)14-6-4-5-11-16-14;1-2-11-6-8-12(9-7-11)13-5-3-4-10-14-13;/h8-28H,1H2,2-7H3;5-17H,1H2,2-4H3;4-16H,1-3H3;2*4-7,9-11H,1-3H3;2-8,10H,1H2;/q;;;3*-1;+3. The van der Waals surface area contributed by atoms with Gasteiger partial charge < -0.3 is 23.8 Å². The molecule has 20 rings (SSSR count). The molecule has 148 heavy (non-hydrogen) atoms. The molecule has 0 aliphatic rings.